The Morgan fingerprint density at radius 2 is 1.08 bits per heavy atom. The van der Waals surface area contributed by atoms with Gasteiger partial charge in [-0.15, -0.1) is 0 Å². The third-order valence-electron chi connectivity index (χ3n) is 10.4. The standard InChI is InChI=1S/C43H68O8/c1-29-19-31(21-33(36(29)44)39(3,4)5)15-13-17-46-24-41(9,10)35-23-51-43(26-48-35)27-49-38(50-28-43)42(11,12)25-47-18-14-16-32-20-30(2)37(45)34(22-32)40(6,7)8/h19-22,35,38,44-45H,13-18,23-28H2,1-12H3. The number of phenols is 2. The third kappa shape index (κ3) is 10.9. The van der Waals surface area contributed by atoms with Gasteiger partial charge in [0.2, 0.25) is 0 Å². The molecule has 0 aliphatic carbocycles. The van der Waals surface area contributed by atoms with Crippen molar-refractivity contribution in [2.45, 2.75) is 138 Å². The molecule has 2 N–H and O–H groups in total. The van der Waals surface area contributed by atoms with E-state index in [4.69, 9.17) is 28.4 Å². The van der Waals surface area contributed by atoms with Crippen molar-refractivity contribution in [2.75, 3.05) is 52.9 Å². The average molecular weight is 713 g/mol. The zero-order valence-corrected chi connectivity index (χ0v) is 33.8. The summed E-state index contributed by atoms with van der Waals surface area (Å²) in [7, 11) is 0. The molecule has 2 aromatic rings. The molecule has 2 aliphatic heterocycles. The van der Waals surface area contributed by atoms with E-state index < -0.39 is 11.9 Å². The van der Waals surface area contributed by atoms with Crippen LogP contribution in [-0.4, -0.2) is 81.1 Å². The van der Waals surface area contributed by atoms with Gasteiger partial charge in [0, 0.05) is 24.0 Å². The van der Waals surface area contributed by atoms with Crippen molar-refractivity contribution in [3.05, 3.63) is 57.6 Å². The zero-order valence-electron chi connectivity index (χ0n) is 33.8. The van der Waals surface area contributed by atoms with Gasteiger partial charge in [-0.1, -0.05) is 93.5 Å². The van der Waals surface area contributed by atoms with E-state index in [0.29, 0.717) is 64.4 Å². The molecule has 51 heavy (non-hydrogen) atoms. The largest absolute Gasteiger partial charge is 0.507 e. The Morgan fingerprint density at radius 3 is 1.49 bits per heavy atom. The van der Waals surface area contributed by atoms with Gasteiger partial charge in [-0.3, -0.25) is 0 Å². The van der Waals surface area contributed by atoms with Crippen LogP contribution >= 0.6 is 0 Å². The molecule has 0 amide bonds. The number of aryl methyl sites for hydroxylation is 4. The molecule has 2 fully saturated rings. The van der Waals surface area contributed by atoms with E-state index in [0.717, 1.165) is 47.9 Å². The predicted molar refractivity (Wildman–Crippen MR) is 203 cm³/mol. The second-order valence-corrected chi connectivity index (χ2v) is 18.7. The van der Waals surface area contributed by atoms with Crippen molar-refractivity contribution in [2.24, 2.45) is 10.8 Å². The summed E-state index contributed by atoms with van der Waals surface area (Å²) in [6, 6.07) is 8.42. The number of aromatic hydroxyl groups is 2. The van der Waals surface area contributed by atoms with Crippen molar-refractivity contribution < 1.29 is 38.6 Å². The summed E-state index contributed by atoms with van der Waals surface area (Å²) in [6.07, 6.45) is 3.11. The van der Waals surface area contributed by atoms with Crippen LogP contribution in [0.25, 0.3) is 0 Å². The molecule has 4 rings (SSSR count). The highest BCUT2D eigenvalue weighted by molar-refractivity contribution is 5.47. The topological polar surface area (TPSA) is 95.8 Å². The van der Waals surface area contributed by atoms with Crippen molar-refractivity contribution in [1.29, 1.82) is 0 Å². The molecule has 2 saturated heterocycles. The summed E-state index contributed by atoms with van der Waals surface area (Å²) in [5.74, 6) is 0.803. The van der Waals surface area contributed by atoms with Crippen molar-refractivity contribution in [3.63, 3.8) is 0 Å². The lowest BCUT2D eigenvalue weighted by molar-refractivity contribution is -0.333. The first kappa shape index (κ1) is 41.6. The second kappa shape index (κ2) is 16.4. The molecule has 0 bridgehead atoms. The summed E-state index contributed by atoms with van der Waals surface area (Å²) in [5, 5.41) is 21.1. The maximum atomic E-state index is 10.5. The first-order valence-electron chi connectivity index (χ1n) is 18.9. The molecule has 1 spiro atoms. The smallest absolute Gasteiger partial charge is 0.165 e. The van der Waals surface area contributed by atoms with Gasteiger partial charge < -0.3 is 38.6 Å². The second-order valence-electron chi connectivity index (χ2n) is 18.7. The Labute approximate surface area is 308 Å². The number of rotatable bonds is 14. The maximum Gasteiger partial charge on any atom is 0.165 e. The van der Waals surface area contributed by atoms with Gasteiger partial charge in [0.25, 0.3) is 0 Å². The van der Waals surface area contributed by atoms with Crippen LogP contribution in [0, 0.1) is 24.7 Å². The monoisotopic (exact) mass is 712 g/mol. The van der Waals surface area contributed by atoms with Gasteiger partial charge in [-0.25, -0.2) is 0 Å². The van der Waals surface area contributed by atoms with E-state index >= 15 is 0 Å². The fourth-order valence-electron chi connectivity index (χ4n) is 6.94. The minimum atomic E-state index is -0.608. The first-order valence-corrected chi connectivity index (χ1v) is 18.9. The molecule has 0 radical (unpaired) electrons. The quantitative estimate of drug-likeness (QED) is 0.188. The van der Waals surface area contributed by atoms with Crippen LogP contribution in [0.15, 0.2) is 24.3 Å². The van der Waals surface area contributed by atoms with Crippen molar-refractivity contribution >= 4 is 0 Å². The minimum Gasteiger partial charge on any atom is -0.507 e. The Balaban J connectivity index is 1.14. The molecule has 1 unspecified atom stereocenters. The van der Waals surface area contributed by atoms with Gasteiger partial charge in [0.05, 0.1) is 45.7 Å². The molecule has 2 aromatic carbocycles. The number of phenolic OH excluding ortho intramolecular Hbond substituents is 2. The fraction of sp³-hybridized carbons (Fsp3) is 0.721. The highest BCUT2D eigenvalue weighted by atomic mass is 16.7. The molecular weight excluding hydrogens is 644 g/mol. The highest BCUT2D eigenvalue weighted by Gasteiger charge is 2.48. The van der Waals surface area contributed by atoms with Gasteiger partial charge in [-0.05, 0) is 83.7 Å². The SMILES string of the molecule is Cc1cc(CCCOCC(C)(C)C2COC3(CO2)COC(C(C)(C)COCCCc2cc(C)c(O)c(C(C)(C)C)c2)OC3)cc(C(C)(C)C)c1O. The van der Waals surface area contributed by atoms with Crippen LogP contribution in [0.5, 0.6) is 11.5 Å². The highest BCUT2D eigenvalue weighted by Crippen LogP contribution is 2.38. The van der Waals surface area contributed by atoms with Gasteiger partial charge in [0.15, 0.2) is 6.29 Å². The lowest BCUT2D eigenvalue weighted by atomic mass is 9.83. The fourth-order valence-corrected chi connectivity index (χ4v) is 6.94. The van der Waals surface area contributed by atoms with Gasteiger partial charge >= 0.3 is 0 Å². The minimum absolute atomic E-state index is 0.0923. The van der Waals surface area contributed by atoms with E-state index in [1.807, 2.05) is 13.8 Å². The average Bonchev–Trinajstić information content (AvgIpc) is 3.03. The summed E-state index contributed by atoms with van der Waals surface area (Å²) in [5.41, 5.74) is 4.91. The number of hydrogen-bond acceptors (Lipinski definition) is 8. The zero-order chi connectivity index (χ0) is 37.8. The van der Waals surface area contributed by atoms with Crippen molar-refractivity contribution in [3.8, 4) is 11.5 Å². The van der Waals surface area contributed by atoms with Crippen LogP contribution in [0.3, 0.4) is 0 Å². The molecule has 8 heteroatoms. The predicted octanol–water partition coefficient (Wildman–Crippen LogP) is 8.49. The number of ether oxygens (including phenoxy) is 6. The van der Waals surface area contributed by atoms with E-state index in [-0.39, 0.29) is 27.8 Å². The molecule has 1 atom stereocenters. The van der Waals surface area contributed by atoms with E-state index in [1.165, 1.54) is 11.1 Å². The van der Waals surface area contributed by atoms with Crippen LogP contribution in [0.2, 0.25) is 0 Å². The van der Waals surface area contributed by atoms with E-state index in [1.54, 1.807) is 0 Å². The van der Waals surface area contributed by atoms with Gasteiger partial charge in [-0.2, -0.15) is 0 Å². The number of hydrogen-bond donors (Lipinski definition) is 2. The van der Waals surface area contributed by atoms with E-state index in [2.05, 4.69) is 93.5 Å². The third-order valence-corrected chi connectivity index (χ3v) is 10.4. The molecular formula is C43H68O8. The Hall–Kier alpha value is -2.20. The summed E-state index contributed by atoms with van der Waals surface area (Å²) in [4.78, 5) is 0. The Kier molecular flexibility index (Phi) is 13.4. The normalized spacial score (nSPS) is 22.1. The Bertz CT molecular complexity index is 1320. The molecule has 8 nitrogen and oxygen atoms in total. The first-order chi connectivity index (χ1) is 23.6. The lowest BCUT2D eigenvalue weighted by Gasteiger charge is -2.48. The summed E-state index contributed by atoms with van der Waals surface area (Å²) < 4.78 is 37.6. The summed E-state index contributed by atoms with van der Waals surface area (Å²) in [6.45, 7) is 29.3. The summed E-state index contributed by atoms with van der Waals surface area (Å²) >= 11 is 0. The maximum absolute atomic E-state index is 10.5. The molecule has 288 valence electrons. The van der Waals surface area contributed by atoms with E-state index in [9.17, 15) is 10.2 Å². The molecule has 2 heterocycles. The van der Waals surface area contributed by atoms with Crippen LogP contribution < -0.4 is 0 Å². The molecule has 0 aromatic heterocycles. The van der Waals surface area contributed by atoms with Crippen LogP contribution in [0.4, 0.5) is 0 Å². The molecule has 0 saturated carbocycles. The van der Waals surface area contributed by atoms with Crippen LogP contribution in [-0.2, 0) is 52.1 Å². The van der Waals surface area contributed by atoms with Gasteiger partial charge in [0.1, 0.15) is 17.1 Å². The van der Waals surface area contributed by atoms with Crippen LogP contribution in [0.1, 0.15) is 115 Å². The molecule has 2 aliphatic rings. The lowest BCUT2D eigenvalue weighted by Crippen LogP contribution is -2.60. The van der Waals surface area contributed by atoms with Crippen molar-refractivity contribution in [1.82, 2.24) is 0 Å². The number of benzene rings is 2. The Morgan fingerprint density at radius 1 is 0.647 bits per heavy atom.